The first-order chi connectivity index (χ1) is 18.4. The molecule has 0 fully saturated rings. The molecule has 0 aromatic heterocycles. The Balaban J connectivity index is 5.30. The minimum Gasteiger partial charge on any atom is -0.480 e. The summed E-state index contributed by atoms with van der Waals surface area (Å²) in [6.07, 6.45) is 11.4. The lowest BCUT2D eigenvalue weighted by Gasteiger charge is -2.34. The van der Waals surface area contributed by atoms with E-state index < -0.39 is 68.6 Å². The summed E-state index contributed by atoms with van der Waals surface area (Å²) in [5, 5.41) is 46.2. The Kier molecular flexibility index (Phi) is 20.5. The van der Waals surface area contributed by atoms with Gasteiger partial charge in [0.1, 0.15) is 0 Å². The highest BCUT2D eigenvalue weighted by atomic mass is 16.4. The highest BCUT2D eigenvalue weighted by Gasteiger charge is 2.26. The molecule has 13 nitrogen and oxygen atoms in total. The van der Waals surface area contributed by atoms with Crippen LogP contribution in [-0.4, -0.2) is 128 Å². The van der Waals surface area contributed by atoms with E-state index in [0.29, 0.717) is 12.8 Å². The van der Waals surface area contributed by atoms with Crippen LogP contribution in [0.3, 0.4) is 0 Å². The van der Waals surface area contributed by atoms with Crippen LogP contribution in [0.4, 0.5) is 0 Å². The average molecular weight is 562 g/mol. The van der Waals surface area contributed by atoms with E-state index in [1.54, 1.807) is 0 Å². The van der Waals surface area contributed by atoms with Gasteiger partial charge in [-0.05, 0) is 6.42 Å². The zero-order valence-corrected chi connectivity index (χ0v) is 23.1. The molecule has 0 radical (unpaired) electrons. The Bertz CT molecular complexity index is 717. The number of carboxylic acids is 5. The van der Waals surface area contributed by atoms with E-state index >= 15 is 0 Å². The molecule has 0 rings (SSSR count). The predicted molar refractivity (Wildman–Crippen MR) is 143 cm³/mol. The summed E-state index contributed by atoms with van der Waals surface area (Å²) in [6.45, 7) is -0.410. The molecule has 0 aliphatic heterocycles. The second-order valence-electron chi connectivity index (χ2n) is 9.94. The first-order valence-corrected chi connectivity index (χ1v) is 13.7. The monoisotopic (exact) mass is 561 g/mol. The summed E-state index contributed by atoms with van der Waals surface area (Å²) in [4.78, 5) is 60.6. The maximum atomic E-state index is 11.5. The van der Waals surface area contributed by atoms with E-state index in [-0.39, 0.29) is 19.6 Å². The number of rotatable bonds is 27. The molecular formula is C26H47N3O10. The third-order valence-corrected chi connectivity index (χ3v) is 6.36. The first-order valence-electron chi connectivity index (χ1n) is 13.7. The van der Waals surface area contributed by atoms with Gasteiger partial charge in [0.05, 0.1) is 32.7 Å². The number of hydrogen-bond acceptors (Lipinski definition) is 8. The normalized spacial score (nSPS) is 12.2. The van der Waals surface area contributed by atoms with Crippen molar-refractivity contribution in [1.29, 1.82) is 0 Å². The van der Waals surface area contributed by atoms with Crippen molar-refractivity contribution in [2.75, 3.05) is 52.4 Å². The van der Waals surface area contributed by atoms with Gasteiger partial charge in [0.15, 0.2) is 0 Å². The highest BCUT2D eigenvalue weighted by Crippen LogP contribution is 2.16. The summed E-state index contributed by atoms with van der Waals surface area (Å²) in [5.41, 5.74) is 0. The molecule has 39 heavy (non-hydrogen) atoms. The molecule has 1 unspecified atom stereocenters. The van der Waals surface area contributed by atoms with Crippen molar-refractivity contribution >= 4 is 29.8 Å². The minimum absolute atomic E-state index is 0.00930. The van der Waals surface area contributed by atoms with Crippen molar-refractivity contribution in [2.24, 2.45) is 0 Å². The Morgan fingerprint density at radius 1 is 0.513 bits per heavy atom. The van der Waals surface area contributed by atoms with Gasteiger partial charge in [-0.1, -0.05) is 71.1 Å². The largest absolute Gasteiger partial charge is 0.480 e. The highest BCUT2D eigenvalue weighted by molar-refractivity contribution is 5.73. The smallest absolute Gasteiger partial charge is 0.317 e. The lowest BCUT2D eigenvalue weighted by atomic mass is 10.0. The van der Waals surface area contributed by atoms with Crippen LogP contribution in [0.2, 0.25) is 0 Å². The number of carboxylic acid groups (broad SMARTS) is 5. The molecule has 0 saturated carbocycles. The number of nitrogens with zero attached hydrogens (tertiary/aromatic N) is 3. The number of unbranched alkanes of at least 4 members (excludes halogenated alkanes) is 9. The van der Waals surface area contributed by atoms with Crippen LogP contribution in [0.1, 0.15) is 77.6 Å². The summed E-state index contributed by atoms with van der Waals surface area (Å²) in [6, 6.07) is -0.571. The van der Waals surface area contributed by atoms with Crippen LogP contribution in [0.15, 0.2) is 0 Å². The Labute approximate surface area is 230 Å². The molecule has 0 amide bonds. The van der Waals surface area contributed by atoms with Gasteiger partial charge in [-0.3, -0.25) is 38.7 Å². The van der Waals surface area contributed by atoms with E-state index in [9.17, 15) is 39.3 Å². The molecule has 0 heterocycles. The van der Waals surface area contributed by atoms with Gasteiger partial charge in [-0.25, -0.2) is 0 Å². The average Bonchev–Trinajstić information content (AvgIpc) is 2.80. The molecule has 0 saturated heterocycles. The SMILES string of the molecule is CCCCCCCCCCCCC(CN(CCN(CC(=O)O)CC(=O)O)CC(=O)O)N(CC(=O)O)CC(=O)O. The molecular weight excluding hydrogens is 514 g/mol. The zero-order chi connectivity index (χ0) is 29.6. The maximum absolute atomic E-state index is 11.5. The predicted octanol–water partition coefficient (Wildman–Crippen LogP) is 2.00. The molecule has 0 aromatic rings. The second-order valence-corrected chi connectivity index (χ2v) is 9.94. The molecule has 0 spiro atoms. The Morgan fingerprint density at radius 3 is 1.28 bits per heavy atom. The van der Waals surface area contributed by atoms with Gasteiger partial charge < -0.3 is 25.5 Å². The summed E-state index contributed by atoms with van der Waals surface area (Å²) >= 11 is 0. The van der Waals surface area contributed by atoms with Gasteiger partial charge in [0, 0.05) is 25.7 Å². The summed E-state index contributed by atoms with van der Waals surface area (Å²) in [7, 11) is 0. The van der Waals surface area contributed by atoms with Crippen molar-refractivity contribution in [3.05, 3.63) is 0 Å². The van der Waals surface area contributed by atoms with Crippen LogP contribution >= 0.6 is 0 Å². The lowest BCUT2D eigenvalue weighted by molar-refractivity contribution is -0.144. The molecule has 0 bridgehead atoms. The third kappa shape index (κ3) is 21.8. The number of hydrogen-bond donors (Lipinski definition) is 5. The minimum atomic E-state index is -1.23. The first kappa shape index (κ1) is 36.2. The van der Waals surface area contributed by atoms with E-state index in [0.717, 1.165) is 30.6 Å². The van der Waals surface area contributed by atoms with Crippen molar-refractivity contribution in [3.63, 3.8) is 0 Å². The number of carbonyl (C=O) groups is 5. The lowest BCUT2D eigenvalue weighted by Crippen LogP contribution is -2.50. The standard InChI is InChI=1S/C26H47N3O10/c1-2-3-4-5-6-7-8-9-10-11-12-21(29(19-25(36)37)20-26(38)39)15-27(16-22(30)31)13-14-28(17-23(32)33)18-24(34)35/h21H,2-20H2,1H3,(H,30,31)(H,32,33)(H,34,35)(H,36,37)(H,38,39). The summed E-state index contributed by atoms with van der Waals surface area (Å²) < 4.78 is 0. The van der Waals surface area contributed by atoms with Crippen LogP contribution in [0.25, 0.3) is 0 Å². The fourth-order valence-electron chi connectivity index (χ4n) is 4.52. The van der Waals surface area contributed by atoms with E-state index in [4.69, 9.17) is 10.2 Å². The van der Waals surface area contributed by atoms with Gasteiger partial charge >= 0.3 is 29.8 Å². The van der Waals surface area contributed by atoms with Gasteiger partial charge in [0.2, 0.25) is 0 Å². The van der Waals surface area contributed by atoms with Gasteiger partial charge in [-0.15, -0.1) is 0 Å². The van der Waals surface area contributed by atoms with Crippen molar-refractivity contribution in [3.8, 4) is 0 Å². The molecule has 5 N–H and O–H groups in total. The van der Waals surface area contributed by atoms with Crippen molar-refractivity contribution < 1.29 is 49.5 Å². The van der Waals surface area contributed by atoms with Gasteiger partial charge in [0.25, 0.3) is 0 Å². The molecule has 0 aliphatic carbocycles. The van der Waals surface area contributed by atoms with Crippen LogP contribution in [0, 0.1) is 0 Å². The van der Waals surface area contributed by atoms with Crippen LogP contribution in [-0.2, 0) is 24.0 Å². The Morgan fingerprint density at radius 2 is 0.872 bits per heavy atom. The summed E-state index contributed by atoms with van der Waals surface area (Å²) in [5.74, 6) is -6.03. The quantitative estimate of drug-likeness (QED) is 0.0914. The van der Waals surface area contributed by atoms with E-state index in [1.807, 2.05) is 0 Å². The van der Waals surface area contributed by atoms with E-state index in [2.05, 4.69) is 6.92 Å². The molecule has 0 aliphatic rings. The number of aliphatic carboxylic acids is 5. The van der Waals surface area contributed by atoms with E-state index in [1.165, 1.54) is 41.9 Å². The topological polar surface area (TPSA) is 196 Å². The maximum Gasteiger partial charge on any atom is 0.317 e. The fourth-order valence-corrected chi connectivity index (χ4v) is 4.52. The van der Waals surface area contributed by atoms with Crippen LogP contribution in [0.5, 0.6) is 0 Å². The second kappa shape index (κ2) is 22.1. The van der Waals surface area contributed by atoms with Gasteiger partial charge in [-0.2, -0.15) is 0 Å². The third-order valence-electron chi connectivity index (χ3n) is 6.36. The fraction of sp³-hybridized carbons (Fsp3) is 0.808. The zero-order valence-electron chi connectivity index (χ0n) is 23.1. The molecule has 1 atom stereocenters. The molecule has 13 heteroatoms. The van der Waals surface area contributed by atoms with Crippen molar-refractivity contribution in [1.82, 2.24) is 14.7 Å². The van der Waals surface area contributed by atoms with Crippen molar-refractivity contribution in [2.45, 2.75) is 83.6 Å². The Hall–Kier alpha value is -2.77. The van der Waals surface area contributed by atoms with Crippen LogP contribution < -0.4 is 0 Å². The molecule has 226 valence electrons. The molecule has 0 aromatic carbocycles.